The summed E-state index contributed by atoms with van der Waals surface area (Å²) in [5.41, 5.74) is 7.57. The van der Waals surface area contributed by atoms with E-state index in [9.17, 15) is 0 Å². The Balaban J connectivity index is 2.75. The van der Waals surface area contributed by atoms with Crippen LogP contribution in [0.5, 0.6) is 5.75 Å². The molecule has 0 aliphatic rings. The largest absolute Gasteiger partial charge is 0.495 e. The first-order valence-electron chi connectivity index (χ1n) is 5.21. The van der Waals surface area contributed by atoms with Crippen molar-refractivity contribution in [3.05, 3.63) is 18.2 Å². The zero-order chi connectivity index (χ0) is 12.2. The molecule has 0 unspecified atom stereocenters. The smallest absolute Gasteiger partial charge is 0.143 e. The van der Waals surface area contributed by atoms with E-state index in [1.807, 2.05) is 30.0 Å². The second-order valence-electron chi connectivity index (χ2n) is 4.24. The molecule has 0 bridgehead atoms. The van der Waals surface area contributed by atoms with Crippen LogP contribution in [0.4, 0.5) is 11.4 Å². The number of para-hydroxylation sites is 1. The van der Waals surface area contributed by atoms with Crippen molar-refractivity contribution in [3.8, 4) is 5.75 Å². The monoisotopic (exact) mass is 240 g/mol. The van der Waals surface area contributed by atoms with Gasteiger partial charge in [0.25, 0.3) is 0 Å². The van der Waals surface area contributed by atoms with Crippen LogP contribution in [0.3, 0.4) is 0 Å². The molecule has 0 aliphatic heterocycles. The second-order valence-corrected chi connectivity index (χ2v) is 5.75. The van der Waals surface area contributed by atoms with E-state index in [4.69, 9.17) is 10.5 Å². The summed E-state index contributed by atoms with van der Waals surface area (Å²) < 4.78 is 5.36. The normalized spacial score (nSPS) is 11.2. The summed E-state index contributed by atoms with van der Waals surface area (Å²) in [5.74, 6) is 0.715. The number of hydrogen-bond donors (Lipinski definition) is 2. The number of nitrogens with two attached hydrogens (primary N) is 1. The minimum atomic E-state index is 0.190. The Labute approximate surface area is 102 Å². The number of hydrogen-bond acceptors (Lipinski definition) is 4. The fraction of sp³-hybridized carbons (Fsp3) is 0.500. The summed E-state index contributed by atoms with van der Waals surface area (Å²) in [6.45, 7) is 5.26. The van der Waals surface area contributed by atoms with Gasteiger partial charge in [-0.25, -0.2) is 0 Å². The SMILES string of the molecule is COc1cccc(NCC(C)(C)SC)c1N. The minimum absolute atomic E-state index is 0.190. The summed E-state index contributed by atoms with van der Waals surface area (Å²) in [7, 11) is 1.63. The lowest BCUT2D eigenvalue weighted by atomic mass is 10.2. The Morgan fingerprint density at radius 3 is 2.69 bits per heavy atom. The molecule has 16 heavy (non-hydrogen) atoms. The molecule has 0 aromatic heterocycles. The van der Waals surface area contributed by atoms with Crippen LogP contribution >= 0.6 is 11.8 Å². The van der Waals surface area contributed by atoms with E-state index in [2.05, 4.69) is 25.4 Å². The molecule has 0 atom stereocenters. The molecule has 0 fully saturated rings. The van der Waals surface area contributed by atoms with E-state index < -0.39 is 0 Å². The van der Waals surface area contributed by atoms with Crippen molar-refractivity contribution in [2.45, 2.75) is 18.6 Å². The predicted molar refractivity (Wildman–Crippen MR) is 73.5 cm³/mol. The standard InChI is InChI=1S/C12H20N2OS/c1-12(2,16-4)8-14-9-6-5-7-10(15-3)11(9)13/h5-7,14H,8,13H2,1-4H3. The van der Waals surface area contributed by atoms with Crippen LogP contribution in [0.1, 0.15) is 13.8 Å². The third kappa shape index (κ3) is 3.23. The third-order valence-electron chi connectivity index (χ3n) is 2.54. The molecule has 0 spiro atoms. The van der Waals surface area contributed by atoms with Gasteiger partial charge in [0.2, 0.25) is 0 Å². The average Bonchev–Trinajstić information content (AvgIpc) is 2.28. The van der Waals surface area contributed by atoms with Crippen molar-refractivity contribution in [2.75, 3.05) is 31.0 Å². The van der Waals surface area contributed by atoms with E-state index >= 15 is 0 Å². The highest BCUT2D eigenvalue weighted by Gasteiger charge is 2.16. The van der Waals surface area contributed by atoms with Gasteiger partial charge in [0, 0.05) is 11.3 Å². The maximum atomic E-state index is 5.97. The van der Waals surface area contributed by atoms with Crippen LogP contribution in [0.2, 0.25) is 0 Å². The van der Waals surface area contributed by atoms with Gasteiger partial charge in [0.05, 0.1) is 18.5 Å². The Kier molecular flexibility index (Phi) is 4.35. The minimum Gasteiger partial charge on any atom is -0.495 e. The first-order chi connectivity index (χ1) is 7.50. The number of rotatable bonds is 5. The maximum Gasteiger partial charge on any atom is 0.143 e. The van der Waals surface area contributed by atoms with Gasteiger partial charge in [-0.15, -0.1) is 0 Å². The fourth-order valence-electron chi connectivity index (χ4n) is 1.26. The summed E-state index contributed by atoms with van der Waals surface area (Å²) in [6.07, 6.45) is 2.11. The Morgan fingerprint density at radius 1 is 1.44 bits per heavy atom. The van der Waals surface area contributed by atoms with Crippen molar-refractivity contribution in [1.82, 2.24) is 0 Å². The number of nitrogen functional groups attached to an aromatic ring is 1. The molecule has 0 saturated carbocycles. The van der Waals surface area contributed by atoms with Gasteiger partial charge in [0.15, 0.2) is 0 Å². The number of ether oxygens (including phenoxy) is 1. The highest BCUT2D eigenvalue weighted by atomic mass is 32.2. The van der Waals surface area contributed by atoms with Crippen molar-refractivity contribution in [1.29, 1.82) is 0 Å². The van der Waals surface area contributed by atoms with E-state index in [0.29, 0.717) is 11.4 Å². The third-order valence-corrected chi connectivity index (χ3v) is 3.79. The number of thioether (sulfide) groups is 1. The molecule has 0 amide bonds. The molecule has 4 heteroatoms. The molecular formula is C12H20N2OS. The summed E-state index contributed by atoms with van der Waals surface area (Å²) >= 11 is 1.83. The molecule has 90 valence electrons. The molecule has 1 aromatic rings. The Morgan fingerprint density at radius 2 is 2.12 bits per heavy atom. The van der Waals surface area contributed by atoms with Crippen molar-refractivity contribution < 1.29 is 4.74 Å². The van der Waals surface area contributed by atoms with Gasteiger partial charge in [0.1, 0.15) is 5.75 Å². The second kappa shape index (κ2) is 5.34. The molecule has 0 radical (unpaired) electrons. The van der Waals surface area contributed by atoms with Gasteiger partial charge in [-0.1, -0.05) is 6.07 Å². The van der Waals surface area contributed by atoms with Crippen LogP contribution in [0.15, 0.2) is 18.2 Å². The molecule has 0 heterocycles. The van der Waals surface area contributed by atoms with E-state index in [-0.39, 0.29) is 4.75 Å². The topological polar surface area (TPSA) is 47.3 Å². The fourth-order valence-corrected chi connectivity index (χ4v) is 1.47. The van der Waals surface area contributed by atoms with Gasteiger partial charge in [-0.3, -0.25) is 0 Å². The molecule has 3 N–H and O–H groups in total. The molecule has 0 aliphatic carbocycles. The van der Waals surface area contributed by atoms with Crippen LogP contribution in [0, 0.1) is 0 Å². The maximum absolute atomic E-state index is 5.97. The Hall–Kier alpha value is -1.03. The zero-order valence-corrected chi connectivity index (χ0v) is 11.1. The van der Waals surface area contributed by atoms with E-state index in [1.165, 1.54) is 0 Å². The molecule has 0 saturated heterocycles. The average molecular weight is 240 g/mol. The van der Waals surface area contributed by atoms with Gasteiger partial charge >= 0.3 is 0 Å². The van der Waals surface area contributed by atoms with Crippen molar-refractivity contribution >= 4 is 23.1 Å². The summed E-state index contributed by atoms with van der Waals surface area (Å²) in [6, 6.07) is 5.76. The Bertz CT molecular complexity index is 353. The van der Waals surface area contributed by atoms with E-state index in [1.54, 1.807) is 7.11 Å². The quantitative estimate of drug-likeness (QED) is 0.777. The zero-order valence-electron chi connectivity index (χ0n) is 10.3. The number of benzene rings is 1. The lowest BCUT2D eigenvalue weighted by molar-refractivity contribution is 0.417. The number of anilines is 2. The molecule has 3 nitrogen and oxygen atoms in total. The molecule has 1 rings (SSSR count). The van der Waals surface area contributed by atoms with Crippen LogP contribution in [0.25, 0.3) is 0 Å². The van der Waals surface area contributed by atoms with Crippen molar-refractivity contribution in [2.24, 2.45) is 0 Å². The molecule has 1 aromatic carbocycles. The number of nitrogens with one attached hydrogen (secondary N) is 1. The van der Waals surface area contributed by atoms with Crippen LogP contribution in [-0.4, -0.2) is 24.7 Å². The molecular weight excluding hydrogens is 220 g/mol. The van der Waals surface area contributed by atoms with Crippen molar-refractivity contribution in [3.63, 3.8) is 0 Å². The number of methoxy groups -OCH3 is 1. The van der Waals surface area contributed by atoms with E-state index in [0.717, 1.165) is 12.2 Å². The lowest BCUT2D eigenvalue weighted by Crippen LogP contribution is -2.26. The first kappa shape index (κ1) is 13.0. The van der Waals surface area contributed by atoms with Crippen LogP contribution < -0.4 is 15.8 Å². The highest BCUT2D eigenvalue weighted by molar-refractivity contribution is 7.99. The summed E-state index contributed by atoms with van der Waals surface area (Å²) in [5, 5.41) is 3.35. The lowest BCUT2D eigenvalue weighted by Gasteiger charge is -2.23. The van der Waals surface area contributed by atoms with Crippen LogP contribution in [-0.2, 0) is 0 Å². The van der Waals surface area contributed by atoms with Gasteiger partial charge in [-0.05, 0) is 32.2 Å². The first-order valence-corrected chi connectivity index (χ1v) is 6.44. The predicted octanol–water partition coefficient (Wildman–Crippen LogP) is 2.83. The highest BCUT2D eigenvalue weighted by Crippen LogP contribution is 2.30. The van der Waals surface area contributed by atoms with Gasteiger partial charge < -0.3 is 15.8 Å². The summed E-state index contributed by atoms with van der Waals surface area (Å²) in [4.78, 5) is 0. The van der Waals surface area contributed by atoms with Gasteiger partial charge in [-0.2, -0.15) is 11.8 Å².